The van der Waals surface area contributed by atoms with Crippen LogP contribution in [0.1, 0.15) is 5.69 Å². The molecule has 0 bridgehead atoms. The number of allylic oxidation sites excluding steroid dienone is 1. The third-order valence-corrected chi connectivity index (χ3v) is 5.21. The van der Waals surface area contributed by atoms with Crippen molar-refractivity contribution in [2.75, 3.05) is 38.1 Å². The number of fused-ring (bicyclic) bond motifs is 3. The van der Waals surface area contributed by atoms with Gasteiger partial charge in [0.15, 0.2) is 0 Å². The van der Waals surface area contributed by atoms with Crippen LogP contribution in [-0.2, 0) is 0 Å². The second kappa shape index (κ2) is 7.03. The second-order valence-corrected chi connectivity index (χ2v) is 7.06. The van der Waals surface area contributed by atoms with Crippen molar-refractivity contribution in [3.63, 3.8) is 0 Å². The molecule has 1 fully saturated rings. The number of piperazine rings is 1. The summed E-state index contributed by atoms with van der Waals surface area (Å²) in [5.41, 5.74) is 5.67. The molecule has 10 heteroatoms. The number of alkyl halides is 3. The van der Waals surface area contributed by atoms with Crippen molar-refractivity contribution in [2.45, 2.75) is 6.18 Å². The zero-order chi connectivity index (χ0) is 20.8. The third kappa shape index (κ3) is 3.39. The van der Waals surface area contributed by atoms with Gasteiger partial charge in [-0.05, 0) is 25.2 Å². The predicted molar refractivity (Wildman–Crippen MR) is 107 cm³/mol. The van der Waals surface area contributed by atoms with Gasteiger partial charge in [0.2, 0.25) is 0 Å². The smallest absolute Gasteiger partial charge is 0.404 e. The van der Waals surface area contributed by atoms with Gasteiger partial charge < -0.3 is 15.5 Å². The Morgan fingerprint density at radius 2 is 1.97 bits per heavy atom. The van der Waals surface area contributed by atoms with E-state index in [9.17, 15) is 13.2 Å². The zero-order valence-electron chi connectivity index (χ0n) is 15.7. The molecule has 0 saturated carbocycles. The SMILES string of the molecule is CN1CCN(c2cc(/C(=C/N)C(=N)C(F)(F)F)nc3ccc4[nH]ncc4c23)CC1. The Morgan fingerprint density at radius 1 is 1.24 bits per heavy atom. The van der Waals surface area contributed by atoms with E-state index >= 15 is 0 Å². The number of nitrogens with two attached hydrogens (primary N) is 1. The van der Waals surface area contributed by atoms with E-state index < -0.39 is 17.5 Å². The molecule has 0 spiro atoms. The first-order valence-electron chi connectivity index (χ1n) is 9.08. The highest BCUT2D eigenvalue weighted by Gasteiger charge is 2.38. The van der Waals surface area contributed by atoms with Crippen molar-refractivity contribution in [3.05, 3.63) is 36.3 Å². The van der Waals surface area contributed by atoms with Gasteiger partial charge in [0, 0.05) is 54.4 Å². The third-order valence-electron chi connectivity index (χ3n) is 5.21. The number of hydrogen-bond donors (Lipinski definition) is 3. The van der Waals surface area contributed by atoms with Crippen LogP contribution in [0.5, 0.6) is 0 Å². The minimum Gasteiger partial charge on any atom is -0.404 e. The molecule has 0 radical (unpaired) electrons. The number of hydrogen-bond acceptors (Lipinski definition) is 6. The fourth-order valence-electron chi connectivity index (χ4n) is 3.62. The molecule has 29 heavy (non-hydrogen) atoms. The van der Waals surface area contributed by atoms with Gasteiger partial charge in [-0.15, -0.1) is 0 Å². The van der Waals surface area contributed by atoms with Gasteiger partial charge in [-0.3, -0.25) is 10.5 Å². The van der Waals surface area contributed by atoms with Crippen LogP contribution in [-0.4, -0.2) is 65.2 Å². The second-order valence-electron chi connectivity index (χ2n) is 7.06. The molecule has 7 nitrogen and oxygen atoms in total. The number of likely N-dealkylation sites (N-methyl/N-ethyl adjacent to an activating group) is 1. The van der Waals surface area contributed by atoms with Gasteiger partial charge in [0.1, 0.15) is 5.71 Å². The minimum absolute atomic E-state index is 0.0269. The van der Waals surface area contributed by atoms with Gasteiger partial charge >= 0.3 is 6.18 Å². The van der Waals surface area contributed by atoms with Gasteiger partial charge in [-0.1, -0.05) is 0 Å². The number of H-pyrrole nitrogens is 1. The number of nitrogens with one attached hydrogen (secondary N) is 2. The molecule has 4 rings (SSSR count). The highest BCUT2D eigenvalue weighted by Crippen LogP contribution is 2.36. The average molecular weight is 403 g/mol. The Hall–Kier alpha value is -3.14. The molecule has 1 saturated heterocycles. The number of aromatic nitrogens is 3. The molecule has 0 amide bonds. The normalized spacial score (nSPS) is 16.7. The van der Waals surface area contributed by atoms with Gasteiger partial charge in [0.05, 0.1) is 22.9 Å². The van der Waals surface area contributed by atoms with Crippen molar-refractivity contribution in [1.82, 2.24) is 20.1 Å². The molecule has 3 heterocycles. The lowest BCUT2D eigenvalue weighted by Crippen LogP contribution is -2.44. The monoisotopic (exact) mass is 403 g/mol. The molecular weight excluding hydrogens is 383 g/mol. The zero-order valence-corrected chi connectivity index (χ0v) is 15.7. The summed E-state index contributed by atoms with van der Waals surface area (Å²) in [4.78, 5) is 8.74. The van der Waals surface area contributed by atoms with E-state index in [-0.39, 0.29) is 5.69 Å². The van der Waals surface area contributed by atoms with Gasteiger partial charge in [0.25, 0.3) is 0 Å². The van der Waals surface area contributed by atoms with Gasteiger partial charge in [-0.2, -0.15) is 18.3 Å². The first kappa shape index (κ1) is 19.2. The fourth-order valence-corrected chi connectivity index (χ4v) is 3.62. The molecule has 0 atom stereocenters. The number of pyridine rings is 1. The molecule has 152 valence electrons. The van der Waals surface area contributed by atoms with Crippen LogP contribution in [0.3, 0.4) is 0 Å². The van der Waals surface area contributed by atoms with E-state index in [4.69, 9.17) is 11.1 Å². The van der Waals surface area contributed by atoms with Crippen LogP contribution in [0.2, 0.25) is 0 Å². The number of benzene rings is 1. The number of nitrogens with zero attached hydrogens (tertiary/aromatic N) is 4. The molecule has 4 N–H and O–H groups in total. The molecular formula is C19H20F3N7. The Labute approximate surface area is 164 Å². The summed E-state index contributed by atoms with van der Waals surface area (Å²) in [5.74, 6) is 0. The summed E-state index contributed by atoms with van der Waals surface area (Å²) in [6, 6.07) is 5.12. The summed E-state index contributed by atoms with van der Waals surface area (Å²) in [5, 5.41) is 16.2. The molecule has 1 aromatic carbocycles. The summed E-state index contributed by atoms with van der Waals surface area (Å²) in [6.45, 7) is 3.11. The Morgan fingerprint density at radius 3 is 2.62 bits per heavy atom. The molecule has 3 aromatic rings. The predicted octanol–water partition coefficient (Wildman–Crippen LogP) is 2.74. The fraction of sp³-hybridized carbons (Fsp3) is 0.316. The summed E-state index contributed by atoms with van der Waals surface area (Å²) >= 11 is 0. The Kier molecular flexibility index (Phi) is 4.65. The maximum absolute atomic E-state index is 13.2. The van der Waals surface area contributed by atoms with Crippen molar-refractivity contribution in [3.8, 4) is 0 Å². The van der Waals surface area contributed by atoms with Crippen LogP contribution in [0.25, 0.3) is 27.4 Å². The maximum atomic E-state index is 13.2. The first-order chi connectivity index (χ1) is 13.8. The van der Waals surface area contributed by atoms with Crippen LogP contribution < -0.4 is 10.6 Å². The van der Waals surface area contributed by atoms with E-state index in [1.807, 2.05) is 7.05 Å². The van der Waals surface area contributed by atoms with Crippen molar-refractivity contribution >= 4 is 38.8 Å². The standard InChI is InChI=1S/C19H20F3N7/c1-28-4-6-29(7-5-28)16-8-15(11(9-23)18(24)19(20,21)22)26-14-3-2-13-12(17(14)16)10-25-27-13/h2-3,8-10,24H,4-7,23H2,1H3,(H,25,27)/b11-9-,24-18?. The lowest BCUT2D eigenvalue weighted by atomic mass is 10.0. The Balaban J connectivity index is 1.94. The number of anilines is 1. The maximum Gasteiger partial charge on any atom is 0.433 e. The first-order valence-corrected chi connectivity index (χ1v) is 9.08. The van der Waals surface area contributed by atoms with Crippen LogP contribution in [0, 0.1) is 5.41 Å². The number of halogens is 3. The van der Waals surface area contributed by atoms with Crippen molar-refractivity contribution < 1.29 is 13.2 Å². The van der Waals surface area contributed by atoms with Crippen molar-refractivity contribution in [2.24, 2.45) is 5.73 Å². The topological polar surface area (TPSA) is 97.9 Å². The van der Waals surface area contributed by atoms with Gasteiger partial charge in [-0.25, -0.2) is 4.98 Å². The highest BCUT2D eigenvalue weighted by atomic mass is 19.4. The number of rotatable bonds is 3. The highest BCUT2D eigenvalue weighted by molar-refractivity contribution is 6.25. The van der Waals surface area contributed by atoms with E-state index in [1.165, 1.54) is 0 Å². The van der Waals surface area contributed by atoms with E-state index in [1.54, 1.807) is 24.4 Å². The van der Waals surface area contributed by atoms with E-state index in [0.717, 1.165) is 54.4 Å². The quantitative estimate of drug-likeness (QED) is 0.584. The average Bonchev–Trinajstić information content (AvgIpc) is 3.16. The van der Waals surface area contributed by atoms with Crippen molar-refractivity contribution in [1.29, 1.82) is 5.41 Å². The summed E-state index contributed by atoms with van der Waals surface area (Å²) < 4.78 is 39.5. The molecule has 1 aliphatic heterocycles. The summed E-state index contributed by atoms with van der Waals surface area (Å²) in [7, 11) is 2.03. The molecule has 0 aliphatic carbocycles. The van der Waals surface area contributed by atoms with E-state index in [0.29, 0.717) is 5.52 Å². The lowest BCUT2D eigenvalue weighted by Gasteiger charge is -2.35. The minimum atomic E-state index is -4.82. The Bertz CT molecular complexity index is 1110. The summed E-state index contributed by atoms with van der Waals surface area (Å²) in [6.07, 6.45) is -2.32. The number of aromatic amines is 1. The molecule has 2 aromatic heterocycles. The molecule has 1 aliphatic rings. The molecule has 0 unspecified atom stereocenters. The van der Waals surface area contributed by atoms with Crippen LogP contribution in [0.4, 0.5) is 18.9 Å². The van der Waals surface area contributed by atoms with Crippen LogP contribution >= 0.6 is 0 Å². The lowest BCUT2D eigenvalue weighted by molar-refractivity contribution is -0.0578. The van der Waals surface area contributed by atoms with Crippen LogP contribution in [0.15, 0.2) is 30.6 Å². The largest absolute Gasteiger partial charge is 0.433 e. The van der Waals surface area contributed by atoms with E-state index in [2.05, 4.69) is 25.0 Å².